The molecule has 0 aliphatic heterocycles. The first-order chi connectivity index (χ1) is 16.5. The Hall–Kier alpha value is -4.03. The lowest BCUT2D eigenvalue weighted by atomic mass is 9.73. The minimum atomic E-state index is -0.206. The molecular formula is C28H26N6. The van der Waals surface area contributed by atoms with Crippen molar-refractivity contribution in [2.24, 2.45) is 5.73 Å². The fourth-order valence-corrected chi connectivity index (χ4v) is 4.74. The summed E-state index contributed by atoms with van der Waals surface area (Å²) >= 11 is 0. The lowest BCUT2D eigenvalue weighted by molar-refractivity contribution is 0.253. The number of nitrogens with two attached hydrogens (primary N) is 2. The molecule has 0 spiro atoms. The SMILES string of the molecule is Cc1cccc(-c2ccc3nc(-c4cccnc4N)n(-c4ccc(C5(N)CCC5)cc4)c3n2)c1. The molecule has 0 unspecified atom stereocenters. The summed E-state index contributed by atoms with van der Waals surface area (Å²) in [6.45, 7) is 2.09. The smallest absolute Gasteiger partial charge is 0.165 e. The van der Waals surface area contributed by atoms with Crippen molar-refractivity contribution in [1.29, 1.82) is 0 Å². The van der Waals surface area contributed by atoms with Gasteiger partial charge in [-0.3, -0.25) is 4.57 Å². The molecule has 0 atom stereocenters. The lowest BCUT2D eigenvalue weighted by Gasteiger charge is -2.38. The molecular weight excluding hydrogens is 420 g/mol. The van der Waals surface area contributed by atoms with Crippen LogP contribution in [-0.2, 0) is 5.54 Å². The number of hydrogen-bond acceptors (Lipinski definition) is 5. The maximum atomic E-state index is 6.56. The number of aromatic nitrogens is 4. The number of nitrogens with zero attached hydrogens (tertiary/aromatic N) is 4. The van der Waals surface area contributed by atoms with Crippen molar-refractivity contribution in [1.82, 2.24) is 19.5 Å². The van der Waals surface area contributed by atoms with E-state index in [1.54, 1.807) is 6.20 Å². The standard InChI is InChI=1S/C28H26N6/c1-18-5-2-6-19(17-18)23-12-13-24-27(32-23)34(26(33-24)22-7-3-16-31-25(22)29)21-10-8-20(9-11-21)28(30)14-4-15-28/h2-3,5-13,16-17H,4,14-15,30H2,1H3,(H2,29,31). The average Bonchev–Trinajstić information content (AvgIpc) is 3.21. The van der Waals surface area contributed by atoms with Crippen LogP contribution in [0.4, 0.5) is 5.82 Å². The van der Waals surface area contributed by atoms with Crippen molar-refractivity contribution in [3.8, 4) is 28.3 Å². The van der Waals surface area contributed by atoms with Crippen molar-refractivity contribution >= 4 is 17.0 Å². The van der Waals surface area contributed by atoms with E-state index in [1.165, 1.54) is 17.5 Å². The number of anilines is 1. The summed E-state index contributed by atoms with van der Waals surface area (Å²) in [4.78, 5) is 14.3. The summed E-state index contributed by atoms with van der Waals surface area (Å²) < 4.78 is 2.07. The molecule has 0 saturated heterocycles. The first-order valence-corrected chi connectivity index (χ1v) is 11.6. The predicted molar refractivity (Wildman–Crippen MR) is 136 cm³/mol. The quantitative estimate of drug-likeness (QED) is 0.386. The topological polar surface area (TPSA) is 95.6 Å². The van der Waals surface area contributed by atoms with Crippen LogP contribution in [0, 0.1) is 6.92 Å². The van der Waals surface area contributed by atoms with Crippen molar-refractivity contribution in [2.45, 2.75) is 31.7 Å². The normalized spacial score (nSPS) is 14.8. The largest absolute Gasteiger partial charge is 0.383 e. The first-order valence-electron chi connectivity index (χ1n) is 11.6. The fraction of sp³-hybridized carbons (Fsp3) is 0.179. The molecule has 1 saturated carbocycles. The molecule has 0 radical (unpaired) electrons. The number of aryl methyl sites for hydroxylation is 1. The van der Waals surface area contributed by atoms with E-state index in [-0.39, 0.29) is 5.54 Å². The van der Waals surface area contributed by atoms with Crippen molar-refractivity contribution in [2.75, 3.05) is 5.73 Å². The van der Waals surface area contributed by atoms with E-state index >= 15 is 0 Å². The number of hydrogen-bond donors (Lipinski definition) is 2. The Labute approximate surface area is 198 Å². The van der Waals surface area contributed by atoms with Gasteiger partial charge < -0.3 is 11.5 Å². The van der Waals surface area contributed by atoms with Gasteiger partial charge in [0.25, 0.3) is 0 Å². The monoisotopic (exact) mass is 446 g/mol. The third-order valence-electron chi connectivity index (χ3n) is 6.84. The second kappa shape index (κ2) is 7.78. The van der Waals surface area contributed by atoms with Gasteiger partial charge in [-0.2, -0.15) is 0 Å². The third kappa shape index (κ3) is 3.35. The molecule has 4 N–H and O–H groups in total. The molecule has 6 heteroatoms. The van der Waals surface area contributed by atoms with Crippen LogP contribution in [0.2, 0.25) is 0 Å². The molecule has 5 aromatic rings. The Bertz CT molecular complexity index is 1510. The number of fused-ring (bicyclic) bond motifs is 1. The molecule has 0 amide bonds. The van der Waals surface area contributed by atoms with E-state index in [4.69, 9.17) is 21.4 Å². The zero-order chi connectivity index (χ0) is 23.3. The van der Waals surface area contributed by atoms with Crippen molar-refractivity contribution < 1.29 is 0 Å². The zero-order valence-electron chi connectivity index (χ0n) is 19.1. The number of benzene rings is 2. The summed E-state index contributed by atoms with van der Waals surface area (Å²) in [6.07, 6.45) is 4.92. The van der Waals surface area contributed by atoms with Gasteiger partial charge in [-0.05, 0) is 74.2 Å². The molecule has 168 valence electrons. The van der Waals surface area contributed by atoms with Gasteiger partial charge in [0.15, 0.2) is 11.5 Å². The molecule has 6 rings (SSSR count). The Morgan fingerprint density at radius 1 is 0.912 bits per heavy atom. The van der Waals surface area contributed by atoms with E-state index < -0.39 is 0 Å². The third-order valence-corrected chi connectivity index (χ3v) is 6.84. The molecule has 3 heterocycles. The molecule has 3 aromatic heterocycles. The fourth-order valence-electron chi connectivity index (χ4n) is 4.74. The summed E-state index contributed by atoms with van der Waals surface area (Å²) in [7, 11) is 0. The Balaban J connectivity index is 1.57. The van der Waals surface area contributed by atoms with Crippen LogP contribution in [0.25, 0.3) is 39.5 Å². The van der Waals surface area contributed by atoms with Gasteiger partial charge in [-0.25, -0.2) is 15.0 Å². The predicted octanol–water partition coefficient (Wildman–Crippen LogP) is 5.38. The van der Waals surface area contributed by atoms with E-state index in [2.05, 4.69) is 65.0 Å². The molecule has 1 aliphatic carbocycles. The van der Waals surface area contributed by atoms with Gasteiger partial charge in [-0.15, -0.1) is 0 Å². The molecule has 6 nitrogen and oxygen atoms in total. The van der Waals surface area contributed by atoms with Crippen LogP contribution in [0.1, 0.15) is 30.4 Å². The number of pyridine rings is 2. The minimum Gasteiger partial charge on any atom is -0.383 e. The van der Waals surface area contributed by atoms with Crippen LogP contribution < -0.4 is 11.5 Å². The zero-order valence-corrected chi connectivity index (χ0v) is 19.1. The highest BCUT2D eigenvalue weighted by Gasteiger charge is 2.34. The van der Waals surface area contributed by atoms with Crippen LogP contribution in [0.5, 0.6) is 0 Å². The van der Waals surface area contributed by atoms with E-state index in [0.29, 0.717) is 11.6 Å². The Morgan fingerprint density at radius 2 is 1.74 bits per heavy atom. The Kier molecular flexibility index (Phi) is 4.71. The van der Waals surface area contributed by atoms with Crippen LogP contribution >= 0.6 is 0 Å². The van der Waals surface area contributed by atoms with Crippen LogP contribution in [-0.4, -0.2) is 19.5 Å². The molecule has 1 fully saturated rings. The van der Waals surface area contributed by atoms with E-state index in [1.807, 2.05) is 24.3 Å². The molecule has 2 aromatic carbocycles. The van der Waals surface area contributed by atoms with Crippen LogP contribution in [0.15, 0.2) is 79.0 Å². The van der Waals surface area contributed by atoms with Crippen LogP contribution in [0.3, 0.4) is 0 Å². The minimum absolute atomic E-state index is 0.206. The highest BCUT2D eigenvalue weighted by Crippen LogP contribution is 2.39. The number of nitrogen functional groups attached to an aromatic ring is 1. The molecule has 34 heavy (non-hydrogen) atoms. The maximum absolute atomic E-state index is 6.56. The molecule has 0 bridgehead atoms. The van der Waals surface area contributed by atoms with Gasteiger partial charge in [-0.1, -0.05) is 35.9 Å². The summed E-state index contributed by atoms with van der Waals surface area (Å²) in [5.41, 5.74) is 20.3. The number of rotatable bonds is 4. The summed E-state index contributed by atoms with van der Waals surface area (Å²) in [5.74, 6) is 1.15. The molecule has 1 aliphatic rings. The van der Waals surface area contributed by atoms with E-state index in [0.717, 1.165) is 46.5 Å². The summed E-state index contributed by atoms with van der Waals surface area (Å²) in [5, 5.41) is 0. The van der Waals surface area contributed by atoms with Gasteiger partial charge in [0, 0.05) is 23.0 Å². The highest BCUT2D eigenvalue weighted by molar-refractivity contribution is 5.84. The lowest BCUT2D eigenvalue weighted by Crippen LogP contribution is -2.43. The first kappa shape index (κ1) is 20.6. The van der Waals surface area contributed by atoms with Crippen molar-refractivity contribution in [3.05, 3.63) is 90.1 Å². The van der Waals surface area contributed by atoms with Gasteiger partial charge in [0.05, 0.1) is 11.3 Å². The van der Waals surface area contributed by atoms with Crippen molar-refractivity contribution in [3.63, 3.8) is 0 Å². The second-order valence-electron chi connectivity index (χ2n) is 9.17. The van der Waals surface area contributed by atoms with E-state index in [9.17, 15) is 0 Å². The Morgan fingerprint density at radius 3 is 2.44 bits per heavy atom. The highest BCUT2D eigenvalue weighted by atomic mass is 15.1. The maximum Gasteiger partial charge on any atom is 0.165 e. The van der Waals surface area contributed by atoms with Gasteiger partial charge >= 0.3 is 0 Å². The van der Waals surface area contributed by atoms with Gasteiger partial charge in [0.1, 0.15) is 11.3 Å². The second-order valence-corrected chi connectivity index (χ2v) is 9.17. The summed E-state index contributed by atoms with van der Waals surface area (Å²) in [6, 6.07) is 24.7. The van der Waals surface area contributed by atoms with Gasteiger partial charge in [0.2, 0.25) is 0 Å². The number of imidazole rings is 1. The average molecular weight is 447 g/mol.